The predicted octanol–water partition coefficient (Wildman–Crippen LogP) is 4.92. The SMILES string of the molecule is COc1ccccc1-c1csc(NC(=O)c2cc(-c3ccco3)nc3c2c(C)nn3C)n1. The van der Waals surface area contributed by atoms with Crippen LogP contribution in [-0.4, -0.2) is 32.8 Å². The molecule has 160 valence electrons. The molecule has 5 rings (SSSR count). The Balaban J connectivity index is 1.53. The number of furan rings is 1. The standard InChI is InChI=1S/C23H19N5O3S/c1-13-20-15(11-16(19-9-6-10-31-19)24-21(20)28(2)27-13)22(29)26-23-25-17(12-32-23)14-7-4-5-8-18(14)30-3/h4-12H,1-3H3,(H,25,26,29). The molecule has 1 aromatic carbocycles. The molecule has 0 radical (unpaired) electrons. The summed E-state index contributed by atoms with van der Waals surface area (Å²) in [5, 5.41) is 10.4. The number of thiazole rings is 1. The molecule has 0 aliphatic rings. The maximum absolute atomic E-state index is 13.3. The van der Waals surface area contributed by atoms with Crippen LogP contribution in [0.1, 0.15) is 16.1 Å². The van der Waals surface area contributed by atoms with Gasteiger partial charge in [0.2, 0.25) is 0 Å². The molecule has 0 saturated heterocycles. The van der Waals surface area contributed by atoms with Gasteiger partial charge in [0.25, 0.3) is 5.91 Å². The number of aryl methyl sites for hydroxylation is 2. The fourth-order valence-electron chi connectivity index (χ4n) is 3.65. The molecule has 0 aliphatic heterocycles. The number of aromatic nitrogens is 4. The number of fused-ring (bicyclic) bond motifs is 1. The molecule has 0 saturated carbocycles. The van der Waals surface area contributed by atoms with E-state index in [4.69, 9.17) is 9.15 Å². The Morgan fingerprint density at radius 2 is 2.00 bits per heavy atom. The molecule has 0 spiro atoms. The maximum Gasteiger partial charge on any atom is 0.258 e. The third-order valence-corrected chi connectivity index (χ3v) is 5.85. The van der Waals surface area contributed by atoms with Crippen molar-refractivity contribution in [3.63, 3.8) is 0 Å². The van der Waals surface area contributed by atoms with Crippen LogP contribution in [-0.2, 0) is 7.05 Å². The number of ether oxygens (including phenoxy) is 1. The summed E-state index contributed by atoms with van der Waals surface area (Å²) in [5.74, 6) is 1.01. The molecular formula is C23H19N5O3S. The van der Waals surface area contributed by atoms with Crippen LogP contribution < -0.4 is 10.1 Å². The molecule has 0 unspecified atom stereocenters. The third-order valence-electron chi connectivity index (χ3n) is 5.09. The minimum atomic E-state index is -0.290. The number of carbonyl (C=O) groups is 1. The lowest BCUT2D eigenvalue weighted by molar-refractivity contribution is 0.102. The molecule has 0 atom stereocenters. The van der Waals surface area contributed by atoms with Crippen LogP contribution in [0, 0.1) is 6.92 Å². The van der Waals surface area contributed by atoms with Gasteiger partial charge >= 0.3 is 0 Å². The van der Waals surface area contributed by atoms with Crippen molar-refractivity contribution in [2.75, 3.05) is 12.4 Å². The van der Waals surface area contributed by atoms with Gasteiger partial charge in [-0.2, -0.15) is 5.10 Å². The van der Waals surface area contributed by atoms with Crippen LogP contribution in [0.5, 0.6) is 5.75 Å². The van der Waals surface area contributed by atoms with E-state index in [0.717, 1.165) is 22.7 Å². The minimum absolute atomic E-state index is 0.290. The molecule has 0 bridgehead atoms. The molecule has 4 heterocycles. The smallest absolute Gasteiger partial charge is 0.258 e. The molecular weight excluding hydrogens is 426 g/mol. The van der Waals surface area contributed by atoms with Gasteiger partial charge in [0.15, 0.2) is 16.5 Å². The van der Waals surface area contributed by atoms with Crippen molar-refractivity contribution in [1.29, 1.82) is 0 Å². The Bertz CT molecular complexity index is 1440. The summed E-state index contributed by atoms with van der Waals surface area (Å²) in [6.07, 6.45) is 1.57. The zero-order valence-corrected chi connectivity index (χ0v) is 18.4. The second kappa shape index (κ2) is 7.93. The zero-order chi connectivity index (χ0) is 22.2. The van der Waals surface area contributed by atoms with E-state index in [0.29, 0.717) is 33.2 Å². The number of carbonyl (C=O) groups excluding carboxylic acids is 1. The van der Waals surface area contributed by atoms with Crippen molar-refractivity contribution in [3.8, 4) is 28.5 Å². The largest absolute Gasteiger partial charge is 0.496 e. The summed E-state index contributed by atoms with van der Waals surface area (Å²) in [7, 11) is 3.42. The highest BCUT2D eigenvalue weighted by molar-refractivity contribution is 7.14. The van der Waals surface area contributed by atoms with E-state index >= 15 is 0 Å². The van der Waals surface area contributed by atoms with Gasteiger partial charge in [0.05, 0.1) is 35.7 Å². The fourth-order valence-corrected chi connectivity index (χ4v) is 4.36. The first-order valence-electron chi connectivity index (χ1n) is 9.83. The Labute approximate surface area is 187 Å². The number of anilines is 1. The summed E-state index contributed by atoms with van der Waals surface area (Å²) in [5.41, 5.74) is 3.94. The molecule has 5 aromatic rings. The Kier molecular flexibility index (Phi) is 4.95. The highest BCUT2D eigenvalue weighted by atomic mass is 32.1. The van der Waals surface area contributed by atoms with Gasteiger partial charge in [-0.25, -0.2) is 9.97 Å². The maximum atomic E-state index is 13.3. The third kappa shape index (κ3) is 3.42. The first kappa shape index (κ1) is 20.0. The number of nitrogens with one attached hydrogen (secondary N) is 1. The van der Waals surface area contributed by atoms with E-state index in [1.807, 2.05) is 36.6 Å². The van der Waals surface area contributed by atoms with Crippen LogP contribution >= 0.6 is 11.3 Å². The van der Waals surface area contributed by atoms with Crippen LogP contribution in [0.15, 0.2) is 58.5 Å². The van der Waals surface area contributed by atoms with E-state index in [1.54, 1.807) is 43.3 Å². The highest BCUT2D eigenvalue weighted by Gasteiger charge is 2.21. The van der Waals surface area contributed by atoms with Crippen LogP contribution in [0.4, 0.5) is 5.13 Å². The van der Waals surface area contributed by atoms with Gasteiger partial charge in [-0.15, -0.1) is 11.3 Å². The molecule has 1 N–H and O–H groups in total. The van der Waals surface area contributed by atoms with E-state index in [-0.39, 0.29) is 5.91 Å². The lowest BCUT2D eigenvalue weighted by Gasteiger charge is -2.07. The normalized spacial score (nSPS) is 11.1. The minimum Gasteiger partial charge on any atom is -0.496 e. The topological polar surface area (TPSA) is 95.1 Å². The molecule has 0 fully saturated rings. The number of hydrogen-bond donors (Lipinski definition) is 1. The first-order valence-corrected chi connectivity index (χ1v) is 10.7. The highest BCUT2D eigenvalue weighted by Crippen LogP contribution is 2.33. The Morgan fingerprint density at radius 1 is 1.16 bits per heavy atom. The van der Waals surface area contributed by atoms with E-state index in [9.17, 15) is 4.79 Å². The number of hydrogen-bond acceptors (Lipinski definition) is 7. The van der Waals surface area contributed by atoms with Crippen LogP contribution in [0.2, 0.25) is 0 Å². The average Bonchev–Trinajstić information content (AvgIpc) is 3.55. The van der Waals surface area contributed by atoms with Crippen LogP contribution in [0.3, 0.4) is 0 Å². The number of nitrogens with zero attached hydrogens (tertiary/aromatic N) is 4. The predicted molar refractivity (Wildman–Crippen MR) is 123 cm³/mol. The molecule has 8 nitrogen and oxygen atoms in total. The van der Waals surface area contributed by atoms with Crippen molar-refractivity contribution in [1.82, 2.24) is 19.7 Å². The van der Waals surface area contributed by atoms with Crippen molar-refractivity contribution >= 4 is 33.4 Å². The fraction of sp³-hybridized carbons (Fsp3) is 0.130. The number of rotatable bonds is 5. The lowest BCUT2D eigenvalue weighted by atomic mass is 10.1. The summed E-state index contributed by atoms with van der Waals surface area (Å²) < 4.78 is 12.6. The Hall–Kier alpha value is -3.98. The number of benzene rings is 1. The molecule has 32 heavy (non-hydrogen) atoms. The van der Waals surface area contributed by atoms with Gasteiger partial charge in [0, 0.05) is 18.0 Å². The molecule has 0 aliphatic carbocycles. The summed E-state index contributed by atoms with van der Waals surface area (Å²) in [6, 6.07) is 12.9. The molecule has 9 heteroatoms. The summed E-state index contributed by atoms with van der Waals surface area (Å²) in [6.45, 7) is 1.86. The zero-order valence-electron chi connectivity index (χ0n) is 17.6. The van der Waals surface area contributed by atoms with E-state index in [2.05, 4.69) is 20.4 Å². The first-order chi connectivity index (χ1) is 15.5. The molecule has 4 aromatic heterocycles. The summed E-state index contributed by atoms with van der Waals surface area (Å²) in [4.78, 5) is 22.6. The second-order valence-corrected chi connectivity index (χ2v) is 7.99. The van der Waals surface area contributed by atoms with Gasteiger partial charge in [-0.1, -0.05) is 12.1 Å². The monoisotopic (exact) mass is 445 g/mol. The number of methoxy groups -OCH3 is 1. The van der Waals surface area contributed by atoms with Gasteiger partial charge < -0.3 is 9.15 Å². The number of amides is 1. The van der Waals surface area contributed by atoms with Crippen molar-refractivity contribution in [3.05, 3.63) is 65.4 Å². The summed E-state index contributed by atoms with van der Waals surface area (Å²) >= 11 is 1.35. The lowest BCUT2D eigenvalue weighted by Crippen LogP contribution is -2.13. The van der Waals surface area contributed by atoms with Crippen molar-refractivity contribution < 1.29 is 13.9 Å². The Morgan fingerprint density at radius 3 is 2.78 bits per heavy atom. The number of para-hydroxylation sites is 1. The van der Waals surface area contributed by atoms with E-state index in [1.165, 1.54) is 11.3 Å². The average molecular weight is 446 g/mol. The second-order valence-electron chi connectivity index (χ2n) is 7.13. The van der Waals surface area contributed by atoms with Gasteiger partial charge in [-0.3, -0.25) is 14.8 Å². The van der Waals surface area contributed by atoms with Crippen LogP contribution in [0.25, 0.3) is 33.7 Å². The van der Waals surface area contributed by atoms with E-state index < -0.39 is 0 Å². The van der Waals surface area contributed by atoms with Gasteiger partial charge in [0.1, 0.15) is 11.4 Å². The number of pyridine rings is 1. The van der Waals surface area contributed by atoms with Crippen molar-refractivity contribution in [2.24, 2.45) is 7.05 Å². The van der Waals surface area contributed by atoms with Crippen molar-refractivity contribution in [2.45, 2.75) is 6.92 Å². The quantitative estimate of drug-likeness (QED) is 0.413. The molecule has 1 amide bonds. The van der Waals surface area contributed by atoms with Gasteiger partial charge in [-0.05, 0) is 37.3 Å².